The molecule has 0 fully saturated rings. The number of anilines is 2. The summed E-state index contributed by atoms with van der Waals surface area (Å²) in [4.78, 5) is 13.7. The molecule has 1 amide bonds. The molecule has 0 aliphatic heterocycles. The molecule has 0 aromatic heterocycles. The quantitative estimate of drug-likeness (QED) is 0.722. The summed E-state index contributed by atoms with van der Waals surface area (Å²) < 4.78 is 0. The van der Waals surface area contributed by atoms with Crippen LogP contribution in [0.25, 0.3) is 0 Å². The molecule has 0 unspecified atom stereocenters. The highest BCUT2D eigenvalue weighted by molar-refractivity contribution is 5.84. The number of carbonyl (C=O) groups is 1. The van der Waals surface area contributed by atoms with E-state index in [4.69, 9.17) is 0 Å². The van der Waals surface area contributed by atoms with Crippen LogP contribution >= 0.6 is 0 Å². The fourth-order valence-corrected chi connectivity index (χ4v) is 1.46. The van der Waals surface area contributed by atoms with Gasteiger partial charge in [0.15, 0.2) is 0 Å². The van der Waals surface area contributed by atoms with Gasteiger partial charge in [0.2, 0.25) is 0 Å². The van der Waals surface area contributed by atoms with Crippen LogP contribution in [0.5, 0.6) is 0 Å². The van der Waals surface area contributed by atoms with Gasteiger partial charge in [-0.3, -0.25) is 0 Å². The molecule has 1 rings (SSSR count). The van der Waals surface area contributed by atoms with Gasteiger partial charge in [0.1, 0.15) is 6.09 Å². The predicted octanol–water partition coefficient (Wildman–Crippen LogP) is 0.841. The minimum atomic E-state index is -1.20. The Kier molecular flexibility index (Phi) is 3.19. The van der Waals surface area contributed by atoms with Crippen LogP contribution in [-0.2, 0) is 0 Å². The molecule has 0 heterocycles. The lowest BCUT2D eigenvalue weighted by Crippen LogP contribution is -2.38. The summed E-state index contributed by atoms with van der Waals surface area (Å²) in [5.41, 5.74) is 2.73. The van der Waals surface area contributed by atoms with E-state index in [-0.39, 0.29) is 0 Å². The van der Waals surface area contributed by atoms with E-state index in [0.717, 1.165) is 16.2 Å². The van der Waals surface area contributed by atoms with E-state index in [1.165, 1.54) is 7.05 Å². The van der Waals surface area contributed by atoms with Crippen molar-refractivity contribution in [3.63, 3.8) is 0 Å². The average Bonchev–Trinajstić information content (AvgIpc) is 2.15. The van der Waals surface area contributed by atoms with Gasteiger partial charge in [0.25, 0.3) is 0 Å². The predicted molar refractivity (Wildman–Crippen MR) is 59.3 cm³/mol. The number of aryl methyl sites for hydroxylation is 1. The van der Waals surface area contributed by atoms with Crippen LogP contribution in [0.1, 0.15) is 5.56 Å². The van der Waals surface area contributed by atoms with Crippen molar-refractivity contribution in [2.75, 3.05) is 30.9 Å². The van der Waals surface area contributed by atoms with Crippen molar-refractivity contribution in [2.45, 2.75) is 6.92 Å². The topological polar surface area (TPSA) is 46.6 Å². The van der Waals surface area contributed by atoms with Crippen LogP contribution in [0.15, 0.2) is 18.2 Å². The van der Waals surface area contributed by atoms with Gasteiger partial charge in [-0.2, -0.15) is 0 Å². The van der Waals surface area contributed by atoms with Crippen molar-refractivity contribution in [1.29, 1.82) is 0 Å². The molecule has 1 aromatic carbocycles. The average molecular weight is 207 g/mol. The fraction of sp³-hybridized carbons (Fsp3) is 0.364. The number of benzene rings is 1. The zero-order valence-electron chi connectivity index (χ0n) is 9.44. The normalized spacial score (nSPS) is 9.87. The number of carboxylic acid groups (broad SMARTS) is 1. The van der Waals surface area contributed by atoms with Crippen LogP contribution in [0.4, 0.5) is 16.2 Å². The SMILES string of the molecule is Cc1cc(N(C)C(=O)[O-])ccc1N(C)C. The van der Waals surface area contributed by atoms with Crippen molar-refractivity contribution in [1.82, 2.24) is 0 Å². The Labute approximate surface area is 89.7 Å². The zero-order chi connectivity index (χ0) is 11.6. The molecule has 0 N–H and O–H groups in total. The minimum absolute atomic E-state index is 0.623. The Morgan fingerprint density at radius 1 is 1.27 bits per heavy atom. The molecule has 0 radical (unpaired) electrons. The van der Waals surface area contributed by atoms with Crippen LogP contribution in [0.3, 0.4) is 0 Å². The Morgan fingerprint density at radius 3 is 2.27 bits per heavy atom. The third-order valence-electron chi connectivity index (χ3n) is 2.32. The second kappa shape index (κ2) is 4.21. The summed E-state index contributed by atoms with van der Waals surface area (Å²) in [5, 5.41) is 10.6. The maximum absolute atomic E-state index is 10.6. The number of nitrogens with zero attached hydrogens (tertiary/aromatic N) is 2. The first kappa shape index (κ1) is 11.4. The number of hydrogen-bond donors (Lipinski definition) is 0. The number of rotatable bonds is 2. The highest BCUT2D eigenvalue weighted by atomic mass is 16.4. The lowest BCUT2D eigenvalue weighted by molar-refractivity contribution is -0.246. The van der Waals surface area contributed by atoms with Gasteiger partial charge in [-0.05, 0) is 30.7 Å². The van der Waals surface area contributed by atoms with Crippen molar-refractivity contribution in [3.8, 4) is 0 Å². The van der Waals surface area contributed by atoms with Gasteiger partial charge in [-0.15, -0.1) is 0 Å². The molecule has 0 saturated heterocycles. The molecule has 0 saturated carbocycles. The smallest absolute Gasteiger partial charge is 0.141 e. The molecule has 0 bridgehead atoms. The lowest BCUT2D eigenvalue weighted by Gasteiger charge is -2.22. The molecule has 0 atom stereocenters. The molecule has 82 valence electrons. The summed E-state index contributed by atoms with van der Waals surface area (Å²) in [6.07, 6.45) is -1.20. The summed E-state index contributed by atoms with van der Waals surface area (Å²) in [6, 6.07) is 5.48. The number of carbonyl (C=O) groups excluding carboxylic acids is 1. The van der Waals surface area contributed by atoms with E-state index >= 15 is 0 Å². The van der Waals surface area contributed by atoms with Crippen LogP contribution in [-0.4, -0.2) is 27.2 Å². The highest BCUT2D eigenvalue weighted by Crippen LogP contribution is 2.23. The molecule has 0 aliphatic carbocycles. The zero-order valence-corrected chi connectivity index (χ0v) is 9.44. The maximum atomic E-state index is 10.6. The van der Waals surface area contributed by atoms with E-state index in [1.54, 1.807) is 6.07 Å². The molecule has 1 aromatic rings. The summed E-state index contributed by atoms with van der Waals surface area (Å²) in [6.45, 7) is 1.95. The largest absolute Gasteiger partial charge is 0.530 e. The summed E-state index contributed by atoms with van der Waals surface area (Å²) >= 11 is 0. The van der Waals surface area contributed by atoms with Gasteiger partial charge in [0, 0.05) is 32.5 Å². The first-order valence-electron chi connectivity index (χ1n) is 4.66. The van der Waals surface area contributed by atoms with Crippen molar-refractivity contribution in [2.24, 2.45) is 0 Å². The monoisotopic (exact) mass is 207 g/mol. The van der Waals surface area contributed by atoms with Gasteiger partial charge >= 0.3 is 0 Å². The van der Waals surface area contributed by atoms with Crippen LogP contribution in [0.2, 0.25) is 0 Å². The highest BCUT2D eigenvalue weighted by Gasteiger charge is 2.05. The number of amides is 1. The molecule has 4 heteroatoms. The van der Waals surface area contributed by atoms with Gasteiger partial charge in [-0.1, -0.05) is 0 Å². The molecular formula is C11H15N2O2-. The minimum Gasteiger partial charge on any atom is -0.530 e. The van der Waals surface area contributed by atoms with E-state index in [9.17, 15) is 9.90 Å². The molecule has 0 spiro atoms. The van der Waals surface area contributed by atoms with Gasteiger partial charge < -0.3 is 19.7 Å². The molecular weight excluding hydrogens is 192 g/mol. The van der Waals surface area contributed by atoms with Crippen molar-refractivity contribution in [3.05, 3.63) is 23.8 Å². The van der Waals surface area contributed by atoms with Crippen molar-refractivity contribution < 1.29 is 9.90 Å². The van der Waals surface area contributed by atoms with Crippen molar-refractivity contribution >= 4 is 17.5 Å². The maximum Gasteiger partial charge on any atom is 0.141 e. The van der Waals surface area contributed by atoms with E-state index in [1.807, 2.05) is 38.1 Å². The third kappa shape index (κ3) is 2.40. The molecule has 15 heavy (non-hydrogen) atoms. The van der Waals surface area contributed by atoms with E-state index in [2.05, 4.69) is 0 Å². The lowest BCUT2D eigenvalue weighted by atomic mass is 10.1. The van der Waals surface area contributed by atoms with Gasteiger partial charge in [-0.25, -0.2) is 0 Å². The summed E-state index contributed by atoms with van der Waals surface area (Å²) in [5.74, 6) is 0. The Bertz CT molecular complexity index is 375. The Hall–Kier alpha value is -1.71. The second-order valence-electron chi connectivity index (χ2n) is 3.69. The number of hydrogen-bond acceptors (Lipinski definition) is 3. The van der Waals surface area contributed by atoms with E-state index in [0.29, 0.717) is 5.69 Å². The van der Waals surface area contributed by atoms with Crippen LogP contribution in [0, 0.1) is 6.92 Å². The summed E-state index contributed by atoms with van der Waals surface area (Å²) in [7, 11) is 5.37. The first-order chi connectivity index (χ1) is 6.93. The third-order valence-corrected chi connectivity index (χ3v) is 2.32. The molecule has 4 nitrogen and oxygen atoms in total. The van der Waals surface area contributed by atoms with Crippen LogP contribution < -0.4 is 14.9 Å². The van der Waals surface area contributed by atoms with E-state index < -0.39 is 6.09 Å². The fourth-order valence-electron chi connectivity index (χ4n) is 1.46. The Morgan fingerprint density at radius 2 is 1.87 bits per heavy atom. The van der Waals surface area contributed by atoms with Gasteiger partial charge in [0.05, 0.1) is 0 Å². The standard InChI is InChI=1S/C11H16N2O2/c1-8-7-9(13(4)11(14)15)5-6-10(8)12(2)3/h5-7H,1-4H3,(H,14,15)/p-1. The molecule has 0 aliphatic rings. The first-order valence-corrected chi connectivity index (χ1v) is 4.66. The second-order valence-corrected chi connectivity index (χ2v) is 3.69. The Balaban J connectivity index is 3.06.